The first-order valence-corrected chi connectivity index (χ1v) is 9.15. The number of para-hydroxylation sites is 1. The van der Waals surface area contributed by atoms with Gasteiger partial charge in [0.25, 0.3) is 5.91 Å². The highest BCUT2D eigenvalue weighted by Crippen LogP contribution is 2.23. The maximum atomic E-state index is 13.0. The Labute approximate surface area is 153 Å². The summed E-state index contributed by atoms with van der Waals surface area (Å²) in [4.78, 5) is 21.8. The number of nitrogens with one attached hydrogen (secondary N) is 1. The number of amides is 1. The summed E-state index contributed by atoms with van der Waals surface area (Å²) in [5, 5.41) is 7.69. The van der Waals surface area contributed by atoms with Crippen LogP contribution in [0.3, 0.4) is 0 Å². The number of aromatic nitrogens is 3. The summed E-state index contributed by atoms with van der Waals surface area (Å²) < 4.78 is 1.79. The van der Waals surface area contributed by atoms with Crippen molar-refractivity contribution in [2.24, 2.45) is 0 Å². The highest BCUT2D eigenvalue weighted by Gasteiger charge is 2.28. The van der Waals surface area contributed by atoms with Crippen molar-refractivity contribution in [3.63, 3.8) is 0 Å². The molecule has 26 heavy (non-hydrogen) atoms. The lowest BCUT2D eigenvalue weighted by Crippen LogP contribution is -2.49. The molecule has 1 saturated heterocycles. The Morgan fingerprint density at radius 3 is 2.58 bits per heavy atom. The van der Waals surface area contributed by atoms with Gasteiger partial charge >= 0.3 is 0 Å². The molecule has 1 aromatic heterocycles. The largest absolute Gasteiger partial charge is 0.368 e. The van der Waals surface area contributed by atoms with E-state index >= 15 is 0 Å². The van der Waals surface area contributed by atoms with Gasteiger partial charge in [-0.05, 0) is 19.1 Å². The molecule has 7 nitrogen and oxygen atoms in total. The third-order valence-electron chi connectivity index (χ3n) is 5.04. The zero-order valence-corrected chi connectivity index (χ0v) is 15.3. The number of fused-ring (bicyclic) bond motifs is 1. The third kappa shape index (κ3) is 3.05. The van der Waals surface area contributed by atoms with E-state index in [9.17, 15) is 4.79 Å². The zero-order chi connectivity index (χ0) is 18.1. The SMILES string of the molecule is CCc1nc2n(n1)CC(C(=O)N1CCN(c3ccccc3)CC1)=C(C)N2. The topological polar surface area (TPSA) is 66.3 Å². The Balaban J connectivity index is 1.43. The molecule has 2 aliphatic rings. The lowest BCUT2D eigenvalue weighted by Gasteiger charge is -2.37. The van der Waals surface area contributed by atoms with Gasteiger partial charge in [0, 0.05) is 44.0 Å². The molecular formula is C19H24N6O. The average molecular weight is 352 g/mol. The molecule has 136 valence electrons. The summed E-state index contributed by atoms with van der Waals surface area (Å²) >= 11 is 0. The van der Waals surface area contributed by atoms with Crippen molar-refractivity contribution in [2.75, 3.05) is 36.4 Å². The van der Waals surface area contributed by atoms with Crippen molar-refractivity contribution in [3.8, 4) is 0 Å². The second-order valence-corrected chi connectivity index (χ2v) is 6.71. The molecule has 0 spiro atoms. The van der Waals surface area contributed by atoms with Crippen LogP contribution in [0.2, 0.25) is 0 Å². The maximum Gasteiger partial charge on any atom is 0.253 e. The van der Waals surface area contributed by atoms with Crippen LogP contribution in [-0.4, -0.2) is 51.8 Å². The van der Waals surface area contributed by atoms with E-state index in [1.165, 1.54) is 5.69 Å². The Morgan fingerprint density at radius 1 is 1.15 bits per heavy atom. The minimum absolute atomic E-state index is 0.0990. The van der Waals surface area contributed by atoms with Crippen molar-refractivity contribution in [1.82, 2.24) is 19.7 Å². The second-order valence-electron chi connectivity index (χ2n) is 6.71. The molecule has 0 radical (unpaired) electrons. The first kappa shape index (κ1) is 16.6. The van der Waals surface area contributed by atoms with E-state index in [4.69, 9.17) is 0 Å². The fourth-order valence-corrected chi connectivity index (χ4v) is 3.48. The summed E-state index contributed by atoms with van der Waals surface area (Å²) in [5.74, 6) is 1.62. The standard InChI is InChI=1S/C19H24N6O/c1-3-17-21-19-20-14(2)16(13-25(19)22-17)18(26)24-11-9-23(10-12-24)15-7-5-4-6-8-15/h4-8H,3,9-13H2,1-2H3,(H,20,21,22). The number of benzene rings is 1. The Bertz CT molecular complexity index is 833. The summed E-state index contributed by atoms with van der Waals surface area (Å²) in [6, 6.07) is 10.4. The number of aryl methyl sites for hydroxylation is 1. The van der Waals surface area contributed by atoms with Gasteiger partial charge < -0.3 is 15.1 Å². The molecule has 0 saturated carbocycles. The third-order valence-corrected chi connectivity index (χ3v) is 5.04. The summed E-state index contributed by atoms with van der Waals surface area (Å²) in [7, 11) is 0. The van der Waals surface area contributed by atoms with E-state index in [1.54, 1.807) is 4.68 Å². The molecule has 2 aromatic rings. The molecule has 7 heteroatoms. The number of hydrogen-bond acceptors (Lipinski definition) is 5. The van der Waals surface area contributed by atoms with E-state index in [2.05, 4.69) is 44.6 Å². The Kier molecular flexibility index (Phi) is 4.36. The van der Waals surface area contributed by atoms with E-state index in [0.29, 0.717) is 6.54 Å². The predicted molar refractivity (Wildman–Crippen MR) is 101 cm³/mol. The van der Waals surface area contributed by atoms with E-state index in [-0.39, 0.29) is 5.91 Å². The highest BCUT2D eigenvalue weighted by molar-refractivity contribution is 5.95. The summed E-state index contributed by atoms with van der Waals surface area (Å²) in [6.07, 6.45) is 0.783. The van der Waals surface area contributed by atoms with Gasteiger partial charge in [-0.3, -0.25) is 4.79 Å². The zero-order valence-electron chi connectivity index (χ0n) is 15.3. The molecule has 0 aliphatic carbocycles. The van der Waals surface area contributed by atoms with Gasteiger partial charge in [0.15, 0.2) is 5.82 Å². The second kappa shape index (κ2) is 6.82. The lowest BCUT2D eigenvalue weighted by atomic mass is 10.1. The van der Waals surface area contributed by atoms with Gasteiger partial charge in [-0.1, -0.05) is 25.1 Å². The van der Waals surface area contributed by atoms with Gasteiger partial charge in [-0.15, -0.1) is 0 Å². The molecule has 0 bridgehead atoms. The number of allylic oxidation sites excluding steroid dienone is 1. The molecular weight excluding hydrogens is 328 g/mol. The normalized spacial score (nSPS) is 17.2. The minimum Gasteiger partial charge on any atom is -0.368 e. The van der Waals surface area contributed by atoms with Crippen LogP contribution in [0.15, 0.2) is 41.6 Å². The minimum atomic E-state index is 0.0990. The molecule has 1 aromatic carbocycles. The van der Waals surface area contributed by atoms with Gasteiger partial charge in [0.1, 0.15) is 0 Å². The molecule has 1 N–H and O–H groups in total. The van der Waals surface area contributed by atoms with Crippen molar-refractivity contribution < 1.29 is 4.79 Å². The number of anilines is 2. The number of carbonyl (C=O) groups is 1. The van der Waals surface area contributed by atoms with E-state index in [1.807, 2.05) is 24.8 Å². The van der Waals surface area contributed by atoms with Crippen molar-refractivity contribution in [1.29, 1.82) is 0 Å². The number of hydrogen-bond donors (Lipinski definition) is 1. The summed E-state index contributed by atoms with van der Waals surface area (Å²) in [6.45, 7) is 7.62. The number of nitrogens with zero attached hydrogens (tertiary/aromatic N) is 5. The average Bonchev–Trinajstić information content (AvgIpc) is 3.09. The molecule has 3 heterocycles. The van der Waals surface area contributed by atoms with Crippen molar-refractivity contribution in [2.45, 2.75) is 26.8 Å². The first-order valence-electron chi connectivity index (χ1n) is 9.15. The van der Waals surface area contributed by atoms with Crippen LogP contribution < -0.4 is 10.2 Å². The van der Waals surface area contributed by atoms with Gasteiger partial charge in [0.2, 0.25) is 5.95 Å². The molecule has 4 rings (SSSR count). The van der Waals surface area contributed by atoms with Crippen molar-refractivity contribution in [3.05, 3.63) is 47.4 Å². The fraction of sp³-hybridized carbons (Fsp3) is 0.421. The molecule has 1 amide bonds. The first-order chi connectivity index (χ1) is 12.7. The number of piperazine rings is 1. The van der Waals surface area contributed by atoms with E-state index in [0.717, 1.165) is 55.6 Å². The van der Waals surface area contributed by atoms with Gasteiger partial charge in [0.05, 0.1) is 12.1 Å². The maximum absolute atomic E-state index is 13.0. The van der Waals surface area contributed by atoms with E-state index < -0.39 is 0 Å². The van der Waals surface area contributed by atoms with Crippen LogP contribution >= 0.6 is 0 Å². The van der Waals surface area contributed by atoms with Crippen LogP contribution in [0.5, 0.6) is 0 Å². The fourth-order valence-electron chi connectivity index (χ4n) is 3.48. The highest BCUT2D eigenvalue weighted by atomic mass is 16.2. The lowest BCUT2D eigenvalue weighted by molar-refractivity contribution is -0.127. The quantitative estimate of drug-likeness (QED) is 0.914. The van der Waals surface area contributed by atoms with Crippen LogP contribution in [0.4, 0.5) is 11.6 Å². The predicted octanol–water partition coefficient (Wildman–Crippen LogP) is 1.89. The van der Waals surface area contributed by atoms with Crippen LogP contribution in [0.1, 0.15) is 19.7 Å². The number of carbonyl (C=O) groups excluding carboxylic acids is 1. The molecule has 1 fully saturated rings. The van der Waals surface area contributed by atoms with Gasteiger partial charge in [-0.2, -0.15) is 10.1 Å². The Hall–Kier alpha value is -2.83. The van der Waals surface area contributed by atoms with Crippen LogP contribution in [-0.2, 0) is 17.8 Å². The summed E-state index contributed by atoms with van der Waals surface area (Å²) in [5.41, 5.74) is 2.87. The number of rotatable bonds is 3. The monoisotopic (exact) mass is 352 g/mol. The van der Waals surface area contributed by atoms with Crippen LogP contribution in [0.25, 0.3) is 0 Å². The molecule has 2 aliphatic heterocycles. The van der Waals surface area contributed by atoms with Gasteiger partial charge in [-0.25, -0.2) is 4.68 Å². The van der Waals surface area contributed by atoms with Crippen LogP contribution in [0, 0.1) is 0 Å². The smallest absolute Gasteiger partial charge is 0.253 e. The Morgan fingerprint density at radius 2 is 1.88 bits per heavy atom. The molecule has 0 atom stereocenters. The molecule has 0 unspecified atom stereocenters. The van der Waals surface area contributed by atoms with Crippen molar-refractivity contribution >= 4 is 17.5 Å².